The third-order valence-electron chi connectivity index (χ3n) is 3.79. The molecule has 4 N–H and O–H groups in total. The van der Waals surface area contributed by atoms with Gasteiger partial charge in [-0.3, -0.25) is 4.79 Å². The van der Waals surface area contributed by atoms with Gasteiger partial charge in [0.2, 0.25) is 0 Å². The Kier molecular flexibility index (Phi) is 5.85. The number of nitrogens with zero attached hydrogens (tertiary/aromatic N) is 1. The van der Waals surface area contributed by atoms with Crippen LogP contribution < -0.4 is 16.4 Å². The maximum absolute atomic E-state index is 12.2. The zero-order valence-corrected chi connectivity index (χ0v) is 14.2. The van der Waals surface area contributed by atoms with E-state index in [0.29, 0.717) is 41.8 Å². The standard InChI is InChI=1S/C16H23ClN4O2/c1-10(2)19-15(22)13-4-3-12(7-14(13)17)20-16(23)21-6-5-11(8-18)9-21/h3-4,7,10-11H,5-6,8-9,18H2,1-2H3,(H,19,22)(H,20,23)/t11-/m0/s1. The maximum Gasteiger partial charge on any atom is 0.321 e. The molecule has 7 heteroatoms. The summed E-state index contributed by atoms with van der Waals surface area (Å²) in [5, 5.41) is 5.90. The van der Waals surface area contributed by atoms with Crippen LogP contribution in [0.1, 0.15) is 30.6 Å². The Morgan fingerprint density at radius 2 is 2.17 bits per heavy atom. The highest BCUT2D eigenvalue weighted by atomic mass is 35.5. The second kappa shape index (κ2) is 7.66. The molecule has 1 aromatic rings. The Hall–Kier alpha value is -1.79. The summed E-state index contributed by atoms with van der Waals surface area (Å²) >= 11 is 6.15. The third-order valence-corrected chi connectivity index (χ3v) is 4.10. The van der Waals surface area contributed by atoms with Gasteiger partial charge in [-0.1, -0.05) is 11.6 Å². The van der Waals surface area contributed by atoms with Crippen LogP contribution in [0.2, 0.25) is 5.02 Å². The zero-order valence-electron chi connectivity index (χ0n) is 13.4. The van der Waals surface area contributed by atoms with Gasteiger partial charge in [-0.05, 0) is 50.9 Å². The van der Waals surface area contributed by atoms with Crippen LogP contribution in [0.25, 0.3) is 0 Å². The van der Waals surface area contributed by atoms with E-state index in [1.165, 1.54) is 0 Å². The number of rotatable bonds is 4. The quantitative estimate of drug-likeness (QED) is 0.787. The minimum Gasteiger partial charge on any atom is -0.350 e. The summed E-state index contributed by atoms with van der Waals surface area (Å²) in [6, 6.07) is 4.74. The van der Waals surface area contributed by atoms with E-state index in [4.69, 9.17) is 17.3 Å². The van der Waals surface area contributed by atoms with Crippen LogP contribution in [0.15, 0.2) is 18.2 Å². The minimum absolute atomic E-state index is 0.0311. The molecule has 1 aliphatic rings. The van der Waals surface area contributed by atoms with E-state index in [1.54, 1.807) is 23.1 Å². The lowest BCUT2D eigenvalue weighted by Gasteiger charge is -2.17. The summed E-state index contributed by atoms with van der Waals surface area (Å²) in [7, 11) is 0. The highest BCUT2D eigenvalue weighted by Crippen LogP contribution is 2.22. The van der Waals surface area contributed by atoms with Crippen molar-refractivity contribution in [3.8, 4) is 0 Å². The van der Waals surface area contributed by atoms with E-state index < -0.39 is 0 Å². The molecule has 0 spiro atoms. The molecule has 23 heavy (non-hydrogen) atoms. The fourth-order valence-corrected chi connectivity index (χ4v) is 2.80. The summed E-state index contributed by atoms with van der Waals surface area (Å²) in [6.07, 6.45) is 0.930. The number of nitrogens with one attached hydrogen (secondary N) is 2. The summed E-state index contributed by atoms with van der Waals surface area (Å²) < 4.78 is 0. The summed E-state index contributed by atoms with van der Waals surface area (Å²) in [4.78, 5) is 25.9. The molecule has 0 bridgehead atoms. The molecule has 0 unspecified atom stereocenters. The lowest BCUT2D eigenvalue weighted by atomic mass is 10.1. The molecule has 1 heterocycles. The number of likely N-dealkylation sites (tertiary alicyclic amines) is 1. The molecule has 1 atom stereocenters. The zero-order chi connectivity index (χ0) is 17.0. The van der Waals surface area contributed by atoms with Gasteiger partial charge in [0.05, 0.1) is 10.6 Å². The maximum atomic E-state index is 12.2. The number of nitrogens with two attached hydrogens (primary N) is 1. The van der Waals surface area contributed by atoms with Crippen molar-refractivity contribution in [3.05, 3.63) is 28.8 Å². The van der Waals surface area contributed by atoms with Crippen LogP contribution in [0, 0.1) is 5.92 Å². The fourth-order valence-electron chi connectivity index (χ4n) is 2.53. The monoisotopic (exact) mass is 338 g/mol. The number of hydrogen-bond donors (Lipinski definition) is 3. The van der Waals surface area contributed by atoms with Crippen molar-refractivity contribution in [1.29, 1.82) is 0 Å². The fraction of sp³-hybridized carbons (Fsp3) is 0.500. The lowest BCUT2D eigenvalue weighted by Crippen LogP contribution is -2.33. The Bertz CT molecular complexity index is 591. The van der Waals surface area contributed by atoms with E-state index in [9.17, 15) is 9.59 Å². The van der Waals surface area contributed by atoms with Crippen LogP contribution >= 0.6 is 11.6 Å². The average molecular weight is 339 g/mol. The summed E-state index contributed by atoms with van der Waals surface area (Å²) in [5.74, 6) is 0.139. The Labute approximate surface area is 141 Å². The minimum atomic E-state index is -0.229. The van der Waals surface area contributed by atoms with Gasteiger partial charge in [0, 0.05) is 24.8 Å². The molecule has 1 saturated heterocycles. The summed E-state index contributed by atoms with van der Waals surface area (Å²) in [6.45, 7) is 5.73. The molecule has 3 amide bonds. The Balaban J connectivity index is 2.00. The van der Waals surface area contributed by atoms with Crippen LogP contribution in [-0.2, 0) is 0 Å². The van der Waals surface area contributed by atoms with Crippen molar-refractivity contribution >= 4 is 29.2 Å². The molecule has 0 saturated carbocycles. The molecule has 126 valence electrons. The van der Waals surface area contributed by atoms with Gasteiger partial charge in [0.1, 0.15) is 0 Å². The highest BCUT2D eigenvalue weighted by Gasteiger charge is 2.25. The second-order valence-corrected chi connectivity index (χ2v) is 6.50. The molecule has 6 nitrogen and oxygen atoms in total. The molecule has 1 aliphatic heterocycles. The van der Waals surface area contributed by atoms with Gasteiger partial charge in [0.15, 0.2) is 0 Å². The van der Waals surface area contributed by atoms with E-state index >= 15 is 0 Å². The first-order valence-electron chi connectivity index (χ1n) is 7.77. The van der Waals surface area contributed by atoms with Crippen LogP contribution in [0.4, 0.5) is 10.5 Å². The topological polar surface area (TPSA) is 87.5 Å². The van der Waals surface area contributed by atoms with E-state index in [0.717, 1.165) is 6.42 Å². The van der Waals surface area contributed by atoms with Gasteiger partial charge in [-0.25, -0.2) is 4.79 Å². The smallest absolute Gasteiger partial charge is 0.321 e. The predicted molar refractivity (Wildman–Crippen MR) is 91.8 cm³/mol. The number of hydrogen-bond acceptors (Lipinski definition) is 3. The Morgan fingerprint density at radius 1 is 1.43 bits per heavy atom. The van der Waals surface area contributed by atoms with Crippen LogP contribution in [0.5, 0.6) is 0 Å². The Morgan fingerprint density at radius 3 is 2.74 bits per heavy atom. The molecule has 0 radical (unpaired) electrons. The molecular formula is C16H23ClN4O2. The number of amides is 3. The molecular weight excluding hydrogens is 316 g/mol. The number of carbonyl (C=O) groups excluding carboxylic acids is 2. The molecule has 2 rings (SSSR count). The normalized spacial score (nSPS) is 17.4. The number of anilines is 1. The molecule has 1 aromatic carbocycles. The second-order valence-electron chi connectivity index (χ2n) is 6.09. The van der Waals surface area contributed by atoms with Crippen LogP contribution in [-0.4, -0.2) is 42.5 Å². The number of carbonyl (C=O) groups is 2. The molecule has 0 aliphatic carbocycles. The first kappa shape index (κ1) is 17.6. The lowest BCUT2D eigenvalue weighted by molar-refractivity contribution is 0.0943. The third kappa shape index (κ3) is 4.59. The van der Waals surface area contributed by atoms with Crippen molar-refractivity contribution in [2.24, 2.45) is 11.7 Å². The van der Waals surface area contributed by atoms with Gasteiger partial charge < -0.3 is 21.3 Å². The van der Waals surface area contributed by atoms with Gasteiger partial charge in [-0.15, -0.1) is 0 Å². The first-order chi connectivity index (χ1) is 10.9. The van der Waals surface area contributed by atoms with E-state index in [-0.39, 0.29) is 18.0 Å². The van der Waals surface area contributed by atoms with E-state index in [1.807, 2.05) is 13.8 Å². The van der Waals surface area contributed by atoms with Crippen molar-refractivity contribution in [2.45, 2.75) is 26.3 Å². The van der Waals surface area contributed by atoms with Gasteiger partial charge in [-0.2, -0.15) is 0 Å². The average Bonchev–Trinajstić information content (AvgIpc) is 2.95. The predicted octanol–water partition coefficient (Wildman–Crippen LogP) is 2.29. The van der Waals surface area contributed by atoms with Crippen molar-refractivity contribution in [2.75, 3.05) is 25.0 Å². The highest BCUT2D eigenvalue weighted by molar-refractivity contribution is 6.34. The SMILES string of the molecule is CC(C)NC(=O)c1ccc(NC(=O)N2CC[C@@H](CN)C2)cc1Cl. The van der Waals surface area contributed by atoms with Crippen LogP contribution in [0.3, 0.4) is 0 Å². The summed E-state index contributed by atoms with van der Waals surface area (Å²) in [5.41, 5.74) is 6.59. The van der Waals surface area contributed by atoms with Gasteiger partial charge >= 0.3 is 6.03 Å². The molecule has 1 fully saturated rings. The molecule has 0 aromatic heterocycles. The first-order valence-corrected chi connectivity index (χ1v) is 8.15. The van der Waals surface area contributed by atoms with Crippen molar-refractivity contribution in [3.63, 3.8) is 0 Å². The van der Waals surface area contributed by atoms with Crippen molar-refractivity contribution in [1.82, 2.24) is 10.2 Å². The number of halogens is 1. The largest absolute Gasteiger partial charge is 0.350 e. The number of benzene rings is 1. The van der Waals surface area contributed by atoms with Gasteiger partial charge in [0.25, 0.3) is 5.91 Å². The number of urea groups is 1. The van der Waals surface area contributed by atoms with E-state index in [2.05, 4.69) is 10.6 Å². The van der Waals surface area contributed by atoms with Crippen molar-refractivity contribution < 1.29 is 9.59 Å².